The molecule has 2 aromatic rings. The summed E-state index contributed by atoms with van der Waals surface area (Å²) < 4.78 is 11.1. The van der Waals surface area contributed by atoms with Crippen LogP contribution in [-0.2, 0) is 0 Å². The molecule has 0 heterocycles. The number of rotatable bonds is 16. The second kappa shape index (κ2) is 17.0. The molecule has 0 unspecified atom stereocenters. The average Bonchev–Trinajstić information content (AvgIpc) is 2.88. The normalized spacial score (nSPS) is 11.0. The molecule has 0 saturated carbocycles. The monoisotopic (exact) mass is 478 g/mol. The Bertz CT molecular complexity index is 857. The third-order valence-electron chi connectivity index (χ3n) is 5.32. The van der Waals surface area contributed by atoms with Gasteiger partial charge < -0.3 is 20.1 Å². The highest BCUT2D eigenvalue weighted by molar-refractivity contribution is 5.94. The van der Waals surface area contributed by atoms with Crippen molar-refractivity contribution in [1.82, 2.24) is 10.6 Å². The Morgan fingerprint density at radius 2 is 1.00 bits per heavy atom. The van der Waals surface area contributed by atoms with Crippen LogP contribution in [0, 0.1) is 0 Å². The molecular weight excluding hydrogens is 440 g/mol. The van der Waals surface area contributed by atoms with Crippen molar-refractivity contribution >= 4 is 11.8 Å². The standard InChI is InChI=1S/C29H38N2O4/c1-3-5-22-34-26-16-12-24(13-17-26)28(32)30-20-10-8-7-9-11-21-31-29(33)25-14-18-27(19-15-25)35-23-6-4-2/h3-6,12-19H,7-11,20-23H2,1-2H3,(H,30,32)(H,31,33). The zero-order chi connectivity index (χ0) is 25.1. The summed E-state index contributed by atoms with van der Waals surface area (Å²) in [5.74, 6) is 1.37. The second-order valence-corrected chi connectivity index (χ2v) is 8.09. The summed E-state index contributed by atoms with van der Waals surface area (Å²) in [6, 6.07) is 14.4. The Balaban J connectivity index is 1.50. The number of nitrogens with one attached hydrogen (secondary N) is 2. The minimum Gasteiger partial charge on any atom is -0.490 e. The lowest BCUT2D eigenvalue weighted by molar-refractivity contribution is 0.0945. The van der Waals surface area contributed by atoms with Gasteiger partial charge in [-0.1, -0.05) is 43.6 Å². The van der Waals surface area contributed by atoms with E-state index in [2.05, 4.69) is 10.6 Å². The number of ether oxygens (including phenoxy) is 2. The largest absolute Gasteiger partial charge is 0.490 e. The molecule has 6 nitrogen and oxygen atoms in total. The first-order valence-electron chi connectivity index (χ1n) is 12.4. The molecule has 2 rings (SSSR count). The Morgan fingerprint density at radius 1 is 0.629 bits per heavy atom. The van der Waals surface area contributed by atoms with Gasteiger partial charge >= 0.3 is 0 Å². The third-order valence-corrected chi connectivity index (χ3v) is 5.32. The lowest BCUT2D eigenvalue weighted by Crippen LogP contribution is -2.24. The molecule has 35 heavy (non-hydrogen) atoms. The predicted octanol–water partition coefficient (Wildman–Crippen LogP) is 5.71. The van der Waals surface area contributed by atoms with E-state index in [0.29, 0.717) is 37.4 Å². The van der Waals surface area contributed by atoms with Crippen LogP contribution in [0.2, 0.25) is 0 Å². The molecule has 2 aromatic carbocycles. The second-order valence-electron chi connectivity index (χ2n) is 8.09. The number of carbonyl (C=O) groups is 2. The van der Waals surface area contributed by atoms with Crippen molar-refractivity contribution in [3.63, 3.8) is 0 Å². The van der Waals surface area contributed by atoms with Crippen molar-refractivity contribution in [2.45, 2.75) is 46.0 Å². The summed E-state index contributed by atoms with van der Waals surface area (Å²) in [6.07, 6.45) is 12.8. The number of benzene rings is 2. The summed E-state index contributed by atoms with van der Waals surface area (Å²) in [6.45, 7) is 6.25. The van der Waals surface area contributed by atoms with Crippen LogP contribution in [0.1, 0.15) is 66.7 Å². The van der Waals surface area contributed by atoms with Crippen molar-refractivity contribution < 1.29 is 19.1 Å². The minimum absolute atomic E-state index is 0.0647. The van der Waals surface area contributed by atoms with E-state index in [0.717, 1.165) is 43.6 Å². The summed E-state index contributed by atoms with van der Waals surface area (Å²) in [5.41, 5.74) is 1.27. The quantitative estimate of drug-likeness (QED) is 0.239. The van der Waals surface area contributed by atoms with Crippen molar-refractivity contribution in [3.8, 4) is 11.5 Å². The maximum Gasteiger partial charge on any atom is 0.251 e. The van der Waals surface area contributed by atoms with Gasteiger partial charge in [0.05, 0.1) is 0 Å². The van der Waals surface area contributed by atoms with E-state index in [-0.39, 0.29) is 11.8 Å². The highest BCUT2D eigenvalue weighted by atomic mass is 16.5. The van der Waals surface area contributed by atoms with Gasteiger partial charge in [0.2, 0.25) is 0 Å². The van der Waals surface area contributed by atoms with E-state index in [9.17, 15) is 9.59 Å². The number of hydrogen-bond donors (Lipinski definition) is 2. The molecule has 0 aliphatic heterocycles. The number of unbranched alkanes of at least 4 members (excludes halogenated alkanes) is 4. The van der Waals surface area contributed by atoms with E-state index >= 15 is 0 Å². The molecule has 0 aromatic heterocycles. The molecule has 0 saturated heterocycles. The number of allylic oxidation sites excluding steroid dienone is 2. The van der Waals surface area contributed by atoms with Gasteiger partial charge in [-0.3, -0.25) is 9.59 Å². The fraction of sp³-hybridized carbons (Fsp3) is 0.379. The van der Waals surface area contributed by atoms with E-state index in [1.54, 1.807) is 24.3 Å². The third kappa shape index (κ3) is 11.4. The zero-order valence-electron chi connectivity index (χ0n) is 20.9. The van der Waals surface area contributed by atoms with Crippen molar-refractivity contribution in [2.24, 2.45) is 0 Å². The van der Waals surface area contributed by atoms with E-state index in [4.69, 9.17) is 9.47 Å². The maximum absolute atomic E-state index is 12.2. The Labute approximate surface area is 209 Å². The highest BCUT2D eigenvalue weighted by Crippen LogP contribution is 2.13. The first kappa shape index (κ1) is 27.7. The van der Waals surface area contributed by atoms with Gasteiger partial charge in [-0.05, 0) is 75.2 Å². The molecule has 0 bridgehead atoms. The number of amides is 2. The van der Waals surface area contributed by atoms with E-state index in [1.165, 1.54) is 0 Å². The summed E-state index contributed by atoms with van der Waals surface area (Å²) >= 11 is 0. The molecule has 0 radical (unpaired) electrons. The molecule has 2 amide bonds. The Hall–Kier alpha value is -3.54. The van der Waals surface area contributed by atoms with Crippen molar-refractivity contribution in [3.05, 3.63) is 84.0 Å². The molecule has 0 spiro atoms. The highest BCUT2D eigenvalue weighted by Gasteiger charge is 2.06. The summed E-state index contributed by atoms with van der Waals surface area (Å²) in [4.78, 5) is 24.5. The zero-order valence-corrected chi connectivity index (χ0v) is 20.9. The van der Waals surface area contributed by atoms with Crippen LogP contribution in [0.25, 0.3) is 0 Å². The molecule has 2 N–H and O–H groups in total. The van der Waals surface area contributed by atoms with Crippen LogP contribution in [0.15, 0.2) is 72.8 Å². The van der Waals surface area contributed by atoms with Crippen LogP contribution in [0.3, 0.4) is 0 Å². The molecular formula is C29H38N2O4. The van der Waals surface area contributed by atoms with Gasteiger partial charge in [0.1, 0.15) is 24.7 Å². The van der Waals surface area contributed by atoms with E-state index < -0.39 is 0 Å². The van der Waals surface area contributed by atoms with Crippen LogP contribution in [0.5, 0.6) is 11.5 Å². The first-order valence-corrected chi connectivity index (χ1v) is 12.4. The van der Waals surface area contributed by atoms with Crippen LogP contribution in [-0.4, -0.2) is 38.1 Å². The SMILES string of the molecule is CC=CCOc1ccc(C(=O)NCCCCCCCNC(=O)c2ccc(OCC=CC)cc2)cc1. The molecule has 188 valence electrons. The summed E-state index contributed by atoms with van der Waals surface area (Å²) in [5, 5.41) is 5.93. The van der Waals surface area contributed by atoms with Gasteiger partial charge in [-0.2, -0.15) is 0 Å². The number of hydrogen-bond acceptors (Lipinski definition) is 4. The van der Waals surface area contributed by atoms with Gasteiger partial charge in [0.25, 0.3) is 11.8 Å². The average molecular weight is 479 g/mol. The topological polar surface area (TPSA) is 76.7 Å². The van der Waals surface area contributed by atoms with Crippen LogP contribution in [0.4, 0.5) is 0 Å². The molecule has 6 heteroatoms. The fourth-order valence-electron chi connectivity index (χ4n) is 3.27. The van der Waals surface area contributed by atoms with Gasteiger partial charge in [-0.25, -0.2) is 0 Å². The first-order chi connectivity index (χ1) is 17.1. The fourth-order valence-corrected chi connectivity index (χ4v) is 3.27. The molecule has 0 aliphatic rings. The Kier molecular flexibility index (Phi) is 13.4. The molecule has 0 aliphatic carbocycles. The van der Waals surface area contributed by atoms with Gasteiger partial charge in [0.15, 0.2) is 0 Å². The minimum atomic E-state index is -0.0647. The van der Waals surface area contributed by atoms with Crippen LogP contribution < -0.4 is 20.1 Å². The lowest BCUT2D eigenvalue weighted by Gasteiger charge is -2.08. The van der Waals surface area contributed by atoms with E-state index in [1.807, 2.05) is 62.4 Å². The van der Waals surface area contributed by atoms with Crippen LogP contribution >= 0.6 is 0 Å². The summed E-state index contributed by atoms with van der Waals surface area (Å²) in [7, 11) is 0. The molecule has 0 fully saturated rings. The van der Waals surface area contributed by atoms with Crippen molar-refractivity contribution in [2.75, 3.05) is 26.3 Å². The van der Waals surface area contributed by atoms with Crippen molar-refractivity contribution in [1.29, 1.82) is 0 Å². The number of carbonyl (C=O) groups excluding carboxylic acids is 2. The maximum atomic E-state index is 12.2. The van der Waals surface area contributed by atoms with Gasteiger partial charge in [-0.15, -0.1) is 0 Å². The Morgan fingerprint density at radius 3 is 1.37 bits per heavy atom. The lowest BCUT2D eigenvalue weighted by atomic mass is 10.1. The van der Waals surface area contributed by atoms with Gasteiger partial charge in [0, 0.05) is 24.2 Å². The predicted molar refractivity (Wildman–Crippen MR) is 141 cm³/mol. The molecule has 0 atom stereocenters. The smallest absolute Gasteiger partial charge is 0.251 e.